The number of fused-ring (bicyclic) bond motifs is 1. The molecule has 0 aliphatic heterocycles. The molecule has 0 spiro atoms. The summed E-state index contributed by atoms with van der Waals surface area (Å²) in [6.45, 7) is 8.70. The average molecular weight is 378 g/mol. The Balaban J connectivity index is 1.81. The van der Waals surface area contributed by atoms with E-state index >= 15 is 0 Å². The highest BCUT2D eigenvalue weighted by molar-refractivity contribution is 5.77. The second-order valence-corrected chi connectivity index (χ2v) is 7.92. The van der Waals surface area contributed by atoms with Crippen LogP contribution in [0, 0.1) is 5.92 Å². The number of hydrogen-bond acceptors (Lipinski definition) is 3. The number of H-pyrrole nitrogens is 1. The summed E-state index contributed by atoms with van der Waals surface area (Å²) in [4.78, 5) is 20.0. The number of para-hydroxylation sites is 1. The van der Waals surface area contributed by atoms with E-state index in [0.29, 0.717) is 17.1 Å². The van der Waals surface area contributed by atoms with Gasteiger partial charge in [0, 0.05) is 6.04 Å². The van der Waals surface area contributed by atoms with Gasteiger partial charge in [0.25, 0.3) is 5.56 Å². The Labute approximate surface area is 167 Å². The summed E-state index contributed by atoms with van der Waals surface area (Å²) in [5.41, 5.74) is 3.30. The molecular weight excluding hydrogens is 346 g/mol. The van der Waals surface area contributed by atoms with Crippen molar-refractivity contribution < 1.29 is 0 Å². The molecular formula is C24H31N3O. The van der Waals surface area contributed by atoms with Crippen molar-refractivity contribution in [2.75, 3.05) is 0 Å². The minimum Gasteiger partial charge on any atom is -0.309 e. The number of aromatic amines is 1. The molecule has 1 aromatic heterocycles. The van der Waals surface area contributed by atoms with Crippen molar-refractivity contribution in [2.24, 2.45) is 5.92 Å². The first-order chi connectivity index (χ1) is 13.5. The lowest BCUT2D eigenvalue weighted by Crippen LogP contribution is -2.30. The molecule has 0 aliphatic rings. The van der Waals surface area contributed by atoms with Crippen LogP contribution in [0.5, 0.6) is 0 Å². The molecule has 0 amide bonds. The maximum absolute atomic E-state index is 12.4. The highest BCUT2D eigenvalue weighted by Gasteiger charge is 2.20. The number of unbranched alkanes of at least 4 members (excludes halogenated alkanes) is 1. The molecule has 4 nitrogen and oxygen atoms in total. The van der Waals surface area contributed by atoms with Crippen molar-refractivity contribution in [1.82, 2.24) is 15.3 Å². The van der Waals surface area contributed by atoms with Gasteiger partial charge >= 0.3 is 0 Å². The van der Waals surface area contributed by atoms with Gasteiger partial charge in [0.2, 0.25) is 0 Å². The number of aryl methyl sites for hydroxylation is 1. The molecule has 0 saturated heterocycles. The molecule has 0 saturated carbocycles. The monoisotopic (exact) mass is 377 g/mol. The fraction of sp³-hybridized carbons (Fsp3) is 0.417. The van der Waals surface area contributed by atoms with Gasteiger partial charge in [-0.05, 0) is 48.9 Å². The Morgan fingerprint density at radius 1 is 1.04 bits per heavy atom. The molecule has 0 fully saturated rings. The molecule has 0 radical (unpaired) electrons. The molecule has 2 aromatic carbocycles. The van der Waals surface area contributed by atoms with Gasteiger partial charge in [0.1, 0.15) is 5.82 Å². The molecule has 28 heavy (non-hydrogen) atoms. The van der Waals surface area contributed by atoms with Gasteiger partial charge in [-0.2, -0.15) is 0 Å². The predicted molar refractivity (Wildman–Crippen MR) is 117 cm³/mol. The average Bonchev–Trinajstić information content (AvgIpc) is 2.70. The zero-order chi connectivity index (χ0) is 20.1. The van der Waals surface area contributed by atoms with Crippen LogP contribution in [-0.4, -0.2) is 9.97 Å². The summed E-state index contributed by atoms with van der Waals surface area (Å²) in [6, 6.07) is 16.5. The topological polar surface area (TPSA) is 57.8 Å². The van der Waals surface area contributed by atoms with E-state index in [-0.39, 0.29) is 17.6 Å². The molecule has 148 valence electrons. The van der Waals surface area contributed by atoms with E-state index in [4.69, 9.17) is 0 Å². The molecule has 4 heteroatoms. The fourth-order valence-corrected chi connectivity index (χ4v) is 3.60. The molecule has 0 bridgehead atoms. The van der Waals surface area contributed by atoms with E-state index < -0.39 is 0 Å². The predicted octanol–water partition coefficient (Wildman–Crippen LogP) is 5.31. The van der Waals surface area contributed by atoms with Crippen molar-refractivity contribution in [3.05, 3.63) is 75.8 Å². The molecule has 0 aliphatic carbocycles. The summed E-state index contributed by atoms with van der Waals surface area (Å²) >= 11 is 0. The first-order valence-electron chi connectivity index (χ1n) is 10.3. The number of benzene rings is 2. The van der Waals surface area contributed by atoms with Gasteiger partial charge in [0.05, 0.1) is 16.9 Å². The third-order valence-corrected chi connectivity index (χ3v) is 5.30. The van der Waals surface area contributed by atoms with Gasteiger partial charge < -0.3 is 10.3 Å². The first kappa shape index (κ1) is 20.3. The van der Waals surface area contributed by atoms with Crippen LogP contribution in [0.25, 0.3) is 10.9 Å². The lowest BCUT2D eigenvalue weighted by Gasteiger charge is -2.27. The summed E-state index contributed by atoms with van der Waals surface area (Å²) in [6.07, 6.45) is 3.57. The minimum absolute atomic E-state index is 0.0653. The number of rotatable bonds is 8. The van der Waals surface area contributed by atoms with Crippen molar-refractivity contribution in [2.45, 2.75) is 59.0 Å². The van der Waals surface area contributed by atoms with E-state index in [0.717, 1.165) is 11.9 Å². The zero-order valence-corrected chi connectivity index (χ0v) is 17.3. The van der Waals surface area contributed by atoms with E-state index in [9.17, 15) is 4.79 Å². The number of nitrogens with zero attached hydrogens (tertiary/aromatic N) is 1. The second-order valence-electron chi connectivity index (χ2n) is 7.92. The standard InChI is InChI=1S/C24H31N3O/c1-5-6-9-18-12-14-19(15-13-18)22(16(2)3)25-17(4)23-26-21-11-8-7-10-20(21)24(28)27-23/h7-8,10-17,22,25H,5-6,9H2,1-4H3,(H,26,27,28)/t17-,22-/m0/s1. The SMILES string of the molecule is CCCCc1ccc([C@@H](N[C@@H](C)c2nc3ccccc3c(=O)[nH]2)C(C)C)cc1. The largest absolute Gasteiger partial charge is 0.309 e. The van der Waals surface area contributed by atoms with Gasteiger partial charge in [-0.1, -0.05) is 63.6 Å². The molecule has 3 aromatic rings. The van der Waals surface area contributed by atoms with Gasteiger partial charge in [-0.3, -0.25) is 4.79 Å². The van der Waals surface area contributed by atoms with Crippen LogP contribution in [0.3, 0.4) is 0 Å². The maximum atomic E-state index is 12.4. The fourth-order valence-electron chi connectivity index (χ4n) is 3.60. The van der Waals surface area contributed by atoms with Gasteiger partial charge in [0.15, 0.2) is 0 Å². The minimum atomic E-state index is -0.0874. The second kappa shape index (κ2) is 9.16. The Bertz CT molecular complexity index is 959. The molecule has 0 unspecified atom stereocenters. The van der Waals surface area contributed by atoms with Crippen LogP contribution in [0.2, 0.25) is 0 Å². The van der Waals surface area contributed by atoms with E-state index in [1.54, 1.807) is 6.07 Å². The lowest BCUT2D eigenvalue weighted by molar-refractivity contribution is 0.367. The summed E-state index contributed by atoms with van der Waals surface area (Å²) in [5.74, 6) is 1.09. The van der Waals surface area contributed by atoms with Crippen LogP contribution < -0.4 is 10.9 Å². The lowest BCUT2D eigenvalue weighted by atomic mass is 9.93. The Morgan fingerprint density at radius 3 is 2.43 bits per heavy atom. The van der Waals surface area contributed by atoms with Crippen LogP contribution >= 0.6 is 0 Å². The van der Waals surface area contributed by atoms with Crippen molar-refractivity contribution >= 4 is 10.9 Å². The highest BCUT2D eigenvalue weighted by Crippen LogP contribution is 2.25. The van der Waals surface area contributed by atoms with Crippen LogP contribution in [-0.2, 0) is 6.42 Å². The number of hydrogen-bond donors (Lipinski definition) is 2. The van der Waals surface area contributed by atoms with Crippen LogP contribution in [0.4, 0.5) is 0 Å². The van der Waals surface area contributed by atoms with Crippen molar-refractivity contribution in [3.8, 4) is 0 Å². The normalized spacial score (nSPS) is 13.8. The van der Waals surface area contributed by atoms with Crippen molar-refractivity contribution in [1.29, 1.82) is 0 Å². The summed E-state index contributed by atoms with van der Waals surface area (Å²) in [5, 5.41) is 4.30. The van der Waals surface area contributed by atoms with Gasteiger partial charge in [-0.15, -0.1) is 0 Å². The molecule has 3 rings (SSSR count). The highest BCUT2D eigenvalue weighted by atomic mass is 16.1. The smallest absolute Gasteiger partial charge is 0.258 e. The first-order valence-corrected chi connectivity index (χ1v) is 10.3. The molecule has 1 heterocycles. The van der Waals surface area contributed by atoms with E-state index in [1.807, 2.05) is 18.2 Å². The summed E-state index contributed by atoms with van der Waals surface area (Å²) in [7, 11) is 0. The number of aromatic nitrogens is 2. The Morgan fingerprint density at radius 2 is 1.75 bits per heavy atom. The molecule has 2 atom stereocenters. The quantitative estimate of drug-likeness (QED) is 0.559. The van der Waals surface area contributed by atoms with Crippen LogP contribution in [0.15, 0.2) is 53.3 Å². The van der Waals surface area contributed by atoms with Gasteiger partial charge in [-0.25, -0.2) is 4.98 Å². The van der Waals surface area contributed by atoms with Crippen molar-refractivity contribution in [3.63, 3.8) is 0 Å². The van der Waals surface area contributed by atoms with E-state index in [2.05, 4.69) is 67.2 Å². The Kier molecular flexibility index (Phi) is 6.63. The third-order valence-electron chi connectivity index (χ3n) is 5.30. The number of nitrogens with one attached hydrogen (secondary N) is 2. The maximum Gasteiger partial charge on any atom is 0.258 e. The summed E-state index contributed by atoms with van der Waals surface area (Å²) < 4.78 is 0. The zero-order valence-electron chi connectivity index (χ0n) is 17.3. The van der Waals surface area contributed by atoms with Crippen LogP contribution in [0.1, 0.15) is 69.6 Å². The Hall–Kier alpha value is -2.46. The third kappa shape index (κ3) is 4.68. The molecule has 2 N–H and O–H groups in total. The van der Waals surface area contributed by atoms with E-state index in [1.165, 1.54) is 24.0 Å².